The van der Waals surface area contributed by atoms with E-state index in [1.54, 1.807) is 0 Å². The lowest BCUT2D eigenvalue weighted by atomic mass is 9.90. The van der Waals surface area contributed by atoms with Crippen LogP contribution in [0.2, 0.25) is 0 Å². The first-order valence-corrected chi connectivity index (χ1v) is 7.22. The number of nitrogens with two attached hydrogens (primary N) is 1. The van der Waals surface area contributed by atoms with Gasteiger partial charge in [0.25, 0.3) is 5.91 Å². The molecule has 1 aromatic carbocycles. The molecule has 1 fully saturated rings. The number of aryl methyl sites for hydroxylation is 2. The molecule has 0 radical (unpaired) electrons. The van der Waals surface area contributed by atoms with Gasteiger partial charge in [-0.1, -0.05) is 18.2 Å². The molecule has 1 saturated carbocycles. The van der Waals surface area contributed by atoms with Crippen molar-refractivity contribution in [2.45, 2.75) is 45.6 Å². The fourth-order valence-electron chi connectivity index (χ4n) is 2.71. The van der Waals surface area contributed by atoms with Gasteiger partial charge in [0, 0.05) is 18.2 Å². The minimum atomic E-state index is 0.189. The van der Waals surface area contributed by atoms with Crippen LogP contribution in [0.4, 0.5) is 0 Å². The van der Waals surface area contributed by atoms with Crippen molar-refractivity contribution < 1.29 is 4.79 Å². The lowest BCUT2D eigenvalue weighted by molar-refractivity contribution is 0.0577. The Hall–Kier alpha value is -1.35. The highest BCUT2D eigenvalue weighted by atomic mass is 16.2. The summed E-state index contributed by atoms with van der Waals surface area (Å²) in [5, 5.41) is 0. The first-order valence-electron chi connectivity index (χ1n) is 7.22. The van der Waals surface area contributed by atoms with Crippen molar-refractivity contribution in [1.29, 1.82) is 0 Å². The van der Waals surface area contributed by atoms with Crippen LogP contribution in [0.15, 0.2) is 18.2 Å². The molecule has 0 aliphatic heterocycles. The highest BCUT2D eigenvalue weighted by molar-refractivity contribution is 5.97. The van der Waals surface area contributed by atoms with E-state index in [2.05, 4.69) is 0 Å². The summed E-state index contributed by atoms with van der Waals surface area (Å²) in [6, 6.07) is 6.47. The van der Waals surface area contributed by atoms with Crippen molar-refractivity contribution in [1.82, 2.24) is 4.90 Å². The van der Waals surface area contributed by atoms with Crippen molar-refractivity contribution in [3.8, 4) is 0 Å². The SMILES string of the molecule is Cc1cccc(C)c1C(=O)N(CCCN)C1CCC1. The fourth-order valence-corrected chi connectivity index (χ4v) is 2.71. The average Bonchev–Trinajstić information content (AvgIpc) is 2.31. The maximum atomic E-state index is 12.8. The van der Waals surface area contributed by atoms with Gasteiger partial charge in [0.15, 0.2) is 0 Å². The van der Waals surface area contributed by atoms with E-state index in [1.165, 1.54) is 6.42 Å². The molecule has 0 spiro atoms. The molecule has 1 amide bonds. The first-order chi connectivity index (χ1) is 9.15. The number of carbonyl (C=O) groups is 1. The predicted octanol–water partition coefficient (Wildman–Crippen LogP) is 2.65. The zero-order valence-corrected chi connectivity index (χ0v) is 12.0. The Morgan fingerprint density at radius 2 is 1.95 bits per heavy atom. The molecule has 0 unspecified atom stereocenters. The zero-order chi connectivity index (χ0) is 13.8. The summed E-state index contributed by atoms with van der Waals surface area (Å²) >= 11 is 0. The van der Waals surface area contributed by atoms with Gasteiger partial charge in [-0.05, 0) is 57.2 Å². The van der Waals surface area contributed by atoms with Gasteiger partial charge in [-0.3, -0.25) is 4.79 Å². The van der Waals surface area contributed by atoms with E-state index >= 15 is 0 Å². The summed E-state index contributed by atoms with van der Waals surface area (Å²) in [4.78, 5) is 14.9. The van der Waals surface area contributed by atoms with Gasteiger partial charge in [-0.15, -0.1) is 0 Å². The minimum absolute atomic E-state index is 0.189. The van der Waals surface area contributed by atoms with E-state index in [1.807, 2.05) is 36.9 Å². The molecule has 1 aromatic rings. The van der Waals surface area contributed by atoms with Crippen molar-refractivity contribution in [3.05, 3.63) is 34.9 Å². The molecule has 0 saturated heterocycles. The van der Waals surface area contributed by atoms with Crippen molar-refractivity contribution in [2.75, 3.05) is 13.1 Å². The highest BCUT2D eigenvalue weighted by Crippen LogP contribution is 2.27. The van der Waals surface area contributed by atoms with Crippen LogP contribution >= 0.6 is 0 Å². The number of nitrogens with zero attached hydrogens (tertiary/aromatic N) is 1. The quantitative estimate of drug-likeness (QED) is 0.884. The third-order valence-corrected chi connectivity index (χ3v) is 4.07. The molecule has 1 aliphatic rings. The summed E-state index contributed by atoms with van der Waals surface area (Å²) in [5.41, 5.74) is 8.62. The fraction of sp³-hybridized carbons (Fsp3) is 0.562. The maximum absolute atomic E-state index is 12.8. The smallest absolute Gasteiger partial charge is 0.254 e. The molecule has 0 heterocycles. The van der Waals surface area contributed by atoms with Crippen LogP contribution < -0.4 is 5.73 Å². The Balaban J connectivity index is 2.22. The van der Waals surface area contributed by atoms with Crippen LogP contribution in [0, 0.1) is 13.8 Å². The predicted molar refractivity (Wildman–Crippen MR) is 78.3 cm³/mol. The van der Waals surface area contributed by atoms with Gasteiger partial charge in [0.05, 0.1) is 0 Å². The topological polar surface area (TPSA) is 46.3 Å². The summed E-state index contributed by atoms with van der Waals surface area (Å²) in [5.74, 6) is 0.189. The zero-order valence-electron chi connectivity index (χ0n) is 12.0. The highest BCUT2D eigenvalue weighted by Gasteiger charge is 2.30. The molecule has 3 nitrogen and oxygen atoms in total. The standard InChI is InChI=1S/C16H24N2O/c1-12-6-3-7-13(2)15(12)16(19)18(11-5-10-17)14-8-4-9-14/h3,6-7,14H,4-5,8-11,17H2,1-2H3. The molecule has 2 rings (SSSR count). The molecule has 1 aliphatic carbocycles. The number of rotatable bonds is 5. The first kappa shape index (κ1) is 14.1. The van der Waals surface area contributed by atoms with Crippen LogP contribution in [0.1, 0.15) is 47.2 Å². The summed E-state index contributed by atoms with van der Waals surface area (Å²) in [7, 11) is 0. The molecular formula is C16H24N2O. The number of benzene rings is 1. The Morgan fingerprint density at radius 1 is 1.32 bits per heavy atom. The van der Waals surface area contributed by atoms with Crippen LogP contribution in [-0.4, -0.2) is 29.9 Å². The minimum Gasteiger partial charge on any atom is -0.336 e. The number of amides is 1. The second-order valence-corrected chi connectivity index (χ2v) is 5.49. The lowest BCUT2D eigenvalue weighted by Gasteiger charge is -2.38. The molecule has 0 atom stereocenters. The molecule has 19 heavy (non-hydrogen) atoms. The van der Waals surface area contributed by atoms with Crippen LogP contribution in [-0.2, 0) is 0 Å². The van der Waals surface area contributed by atoms with Crippen molar-refractivity contribution >= 4 is 5.91 Å². The average molecular weight is 260 g/mol. The van der Waals surface area contributed by atoms with Gasteiger partial charge >= 0.3 is 0 Å². The maximum Gasteiger partial charge on any atom is 0.254 e. The van der Waals surface area contributed by atoms with Gasteiger partial charge in [-0.25, -0.2) is 0 Å². The molecule has 2 N–H and O–H groups in total. The molecule has 0 bridgehead atoms. The van der Waals surface area contributed by atoms with Crippen molar-refractivity contribution in [3.63, 3.8) is 0 Å². The van der Waals surface area contributed by atoms with E-state index < -0.39 is 0 Å². The van der Waals surface area contributed by atoms with E-state index in [0.29, 0.717) is 12.6 Å². The third-order valence-electron chi connectivity index (χ3n) is 4.07. The Morgan fingerprint density at radius 3 is 2.42 bits per heavy atom. The van der Waals surface area contributed by atoms with E-state index in [9.17, 15) is 4.79 Å². The number of carbonyl (C=O) groups excluding carboxylic acids is 1. The van der Waals surface area contributed by atoms with Crippen LogP contribution in [0.5, 0.6) is 0 Å². The summed E-state index contributed by atoms with van der Waals surface area (Å²) in [6.07, 6.45) is 4.40. The molecule has 0 aromatic heterocycles. The Labute approximate surface area is 115 Å². The van der Waals surface area contributed by atoms with E-state index in [4.69, 9.17) is 5.73 Å². The second kappa shape index (κ2) is 6.20. The van der Waals surface area contributed by atoms with E-state index in [0.717, 1.165) is 42.5 Å². The molecular weight excluding hydrogens is 236 g/mol. The van der Waals surface area contributed by atoms with Crippen LogP contribution in [0.25, 0.3) is 0 Å². The Bertz CT molecular complexity index is 432. The number of hydrogen-bond acceptors (Lipinski definition) is 2. The van der Waals surface area contributed by atoms with Gasteiger partial charge < -0.3 is 10.6 Å². The lowest BCUT2D eigenvalue weighted by Crippen LogP contribution is -2.45. The second-order valence-electron chi connectivity index (χ2n) is 5.49. The van der Waals surface area contributed by atoms with Gasteiger partial charge in [0.1, 0.15) is 0 Å². The number of hydrogen-bond donors (Lipinski definition) is 1. The van der Waals surface area contributed by atoms with E-state index in [-0.39, 0.29) is 5.91 Å². The largest absolute Gasteiger partial charge is 0.336 e. The summed E-state index contributed by atoms with van der Waals surface area (Å²) in [6.45, 7) is 5.46. The van der Waals surface area contributed by atoms with Gasteiger partial charge in [-0.2, -0.15) is 0 Å². The summed E-state index contributed by atoms with van der Waals surface area (Å²) < 4.78 is 0. The molecule has 3 heteroatoms. The van der Waals surface area contributed by atoms with Gasteiger partial charge in [0.2, 0.25) is 0 Å². The molecule has 104 valence electrons. The normalized spacial score (nSPS) is 15.1. The van der Waals surface area contributed by atoms with Crippen LogP contribution in [0.3, 0.4) is 0 Å². The Kier molecular flexibility index (Phi) is 4.59. The monoisotopic (exact) mass is 260 g/mol. The van der Waals surface area contributed by atoms with Crippen molar-refractivity contribution in [2.24, 2.45) is 5.73 Å². The third kappa shape index (κ3) is 2.98.